The lowest BCUT2D eigenvalue weighted by atomic mass is 9.93. The zero-order valence-corrected chi connectivity index (χ0v) is 7.57. The summed E-state index contributed by atoms with van der Waals surface area (Å²) in [5.41, 5.74) is 0.922. The first-order chi connectivity index (χ1) is 5.54. The fraction of sp³-hybridized carbons (Fsp3) is 0.625. The summed E-state index contributed by atoms with van der Waals surface area (Å²) in [6, 6.07) is 2.01. The van der Waals surface area contributed by atoms with Gasteiger partial charge in [0.25, 0.3) is 0 Å². The molecule has 64 valence electrons. The highest BCUT2D eigenvalue weighted by molar-refractivity contribution is 5.06. The summed E-state index contributed by atoms with van der Waals surface area (Å²) in [4.78, 5) is 0. The first kappa shape index (κ1) is 8.72. The summed E-state index contributed by atoms with van der Waals surface area (Å²) in [7, 11) is 0. The molecule has 0 aliphatic carbocycles. The van der Waals surface area contributed by atoms with Crippen LogP contribution in [0.25, 0.3) is 0 Å². The standard InChI is InChI=1S/C8H12N4/c1-8(2,3)7-6-12(5-4-9)11-10-7/h6H,5H2,1-3H3. The van der Waals surface area contributed by atoms with Crippen LogP contribution in [0.15, 0.2) is 6.20 Å². The maximum Gasteiger partial charge on any atom is 0.129 e. The Kier molecular flexibility index (Phi) is 2.13. The second-order valence-electron chi connectivity index (χ2n) is 3.71. The van der Waals surface area contributed by atoms with Crippen molar-refractivity contribution in [2.75, 3.05) is 0 Å². The molecule has 0 fully saturated rings. The average molecular weight is 164 g/mol. The van der Waals surface area contributed by atoms with Gasteiger partial charge in [-0.25, -0.2) is 4.68 Å². The van der Waals surface area contributed by atoms with Crippen molar-refractivity contribution in [2.24, 2.45) is 0 Å². The Hall–Kier alpha value is -1.37. The molecular formula is C8H12N4. The van der Waals surface area contributed by atoms with E-state index in [1.54, 1.807) is 4.68 Å². The van der Waals surface area contributed by atoms with Gasteiger partial charge in [0.1, 0.15) is 6.54 Å². The third-order valence-electron chi connectivity index (χ3n) is 1.54. The molecule has 0 bridgehead atoms. The Bertz CT molecular complexity index is 300. The molecule has 0 N–H and O–H groups in total. The smallest absolute Gasteiger partial charge is 0.129 e. The molecule has 0 spiro atoms. The van der Waals surface area contributed by atoms with Crippen molar-refractivity contribution in [3.8, 4) is 6.07 Å². The molecule has 4 heteroatoms. The lowest BCUT2D eigenvalue weighted by Crippen LogP contribution is -2.11. The van der Waals surface area contributed by atoms with Crippen LogP contribution < -0.4 is 0 Å². The first-order valence-corrected chi connectivity index (χ1v) is 3.81. The predicted octanol–water partition coefficient (Wildman–Crippen LogP) is 1.10. The average Bonchev–Trinajstić information content (AvgIpc) is 2.35. The molecule has 1 aromatic heterocycles. The van der Waals surface area contributed by atoms with Crippen LogP contribution in [-0.2, 0) is 12.0 Å². The van der Waals surface area contributed by atoms with Crippen LogP contribution in [0.2, 0.25) is 0 Å². The monoisotopic (exact) mass is 164 g/mol. The zero-order chi connectivity index (χ0) is 9.19. The Labute approximate surface area is 71.8 Å². The van der Waals surface area contributed by atoms with E-state index >= 15 is 0 Å². The topological polar surface area (TPSA) is 54.5 Å². The number of aromatic nitrogens is 3. The SMILES string of the molecule is CC(C)(C)c1cn(CC#N)nn1. The number of hydrogen-bond acceptors (Lipinski definition) is 3. The Balaban J connectivity index is 2.86. The Morgan fingerprint density at radius 2 is 2.25 bits per heavy atom. The minimum atomic E-state index is 0.00764. The molecular weight excluding hydrogens is 152 g/mol. The minimum absolute atomic E-state index is 0.00764. The molecule has 0 aliphatic rings. The summed E-state index contributed by atoms with van der Waals surface area (Å²) >= 11 is 0. The van der Waals surface area contributed by atoms with Crippen LogP contribution in [0.1, 0.15) is 26.5 Å². The van der Waals surface area contributed by atoms with Crippen LogP contribution in [0, 0.1) is 11.3 Å². The van der Waals surface area contributed by atoms with Crippen molar-refractivity contribution < 1.29 is 0 Å². The molecule has 0 aromatic carbocycles. The van der Waals surface area contributed by atoms with E-state index in [1.165, 1.54) is 0 Å². The van der Waals surface area contributed by atoms with Gasteiger partial charge in [0, 0.05) is 5.41 Å². The number of hydrogen-bond donors (Lipinski definition) is 0. The Morgan fingerprint density at radius 1 is 1.58 bits per heavy atom. The van der Waals surface area contributed by atoms with E-state index in [4.69, 9.17) is 5.26 Å². The molecule has 0 aliphatic heterocycles. The molecule has 1 aromatic rings. The van der Waals surface area contributed by atoms with E-state index in [9.17, 15) is 0 Å². The maximum absolute atomic E-state index is 8.39. The van der Waals surface area contributed by atoms with Gasteiger partial charge < -0.3 is 0 Å². The van der Waals surface area contributed by atoms with Gasteiger partial charge in [-0.05, 0) is 0 Å². The van der Waals surface area contributed by atoms with E-state index in [0.717, 1.165) is 5.69 Å². The largest absolute Gasteiger partial charge is 0.238 e. The minimum Gasteiger partial charge on any atom is -0.238 e. The van der Waals surface area contributed by atoms with Crippen molar-refractivity contribution >= 4 is 0 Å². The van der Waals surface area contributed by atoms with Gasteiger partial charge in [-0.2, -0.15) is 5.26 Å². The fourth-order valence-corrected chi connectivity index (χ4v) is 0.792. The molecule has 0 radical (unpaired) electrons. The summed E-state index contributed by atoms with van der Waals surface area (Å²) in [5, 5.41) is 16.2. The maximum atomic E-state index is 8.39. The fourth-order valence-electron chi connectivity index (χ4n) is 0.792. The third kappa shape index (κ3) is 1.82. The quantitative estimate of drug-likeness (QED) is 0.624. The van der Waals surface area contributed by atoms with E-state index in [1.807, 2.05) is 12.3 Å². The van der Waals surface area contributed by atoms with Crippen molar-refractivity contribution in [3.05, 3.63) is 11.9 Å². The normalized spacial score (nSPS) is 11.2. The predicted molar refractivity (Wildman–Crippen MR) is 44.3 cm³/mol. The van der Waals surface area contributed by atoms with Crippen LogP contribution in [0.3, 0.4) is 0 Å². The molecule has 1 heterocycles. The Morgan fingerprint density at radius 3 is 2.67 bits per heavy atom. The summed E-state index contributed by atoms with van der Waals surface area (Å²) in [5.74, 6) is 0. The van der Waals surface area contributed by atoms with E-state index in [0.29, 0.717) is 0 Å². The highest BCUT2D eigenvalue weighted by atomic mass is 15.4. The van der Waals surface area contributed by atoms with Crippen LogP contribution in [-0.4, -0.2) is 15.0 Å². The molecule has 1 rings (SSSR count). The van der Waals surface area contributed by atoms with Crippen LogP contribution in [0.4, 0.5) is 0 Å². The molecule has 4 nitrogen and oxygen atoms in total. The van der Waals surface area contributed by atoms with Gasteiger partial charge >= 0.3 is 0 Å². The molecule has 0 saturated carbocycles. The first-order valence-electron chi connectivity index (χ1n) is 3.81. The molecule has 0 amide bonds. The number of nitrogens with zero attached hydrogens (tertiary/aromatic N) is 4. The molecule has 0 unspecified atom stereocenters. The van der Waals surface area contributed by atoms with Crippen molar-refractivity contribution in [2.45, 2.75) is 32.7 Å². The number of rotatable bonds is 1. The van der Waals surface area contributed by atoms with E-state index < -0.39 is 0 Å². The molecule has 0 atom stereocenters. The van der Waals surface area contributed by atoms with Gasteiger partial charge in [-0.3, -0.25) is 0 Å². The summed E-state index contributed by atoms with van der Waals surface area (Å²) in [6.07, 6.45) is 1.81. The lowest BCUT2D eigenvalue weighted by molar-refractivity contribution is 0.566. The zero-order valence-electron chi connectivity index (χ0n) is 7.57. The van der Waals surface area contributed by atoms with Crippen molar-refractivity contribution in [3.63, 3.8) is 0 Å². The van der Waals surface area contributed by atoms with E-state index in [2.05, 4.69) is 31.1 Å². The van der Waals surface area contributed by atoms with Crippen molar-refractivity contribution in [1.29, 1.82) is 5.26 Å². The second-order valence-corrected chi connectivity index (χ2v) is 3.71. The number of nitriles is 1. The third-order valence-corrected chi connectivity index (χ3v) is 1.54. The van der Waals surface area contributed by atoms with Crippen LogP contribution >= 0.6 is 0 Å². The van der Waals surface area contributed by atoms with Gasteiger partial charge in [0.2, 0.25) is 0 Å². The molecule has 0 saturated heterocycles. The van der Waals surface area contributed by atoms with E-state index in [-0.39, 0.29) is 12.0 Å². The van der Waals surface area contributed by atoms with Gasteiger partial charge in [0.05, 0.1) is 18.0 Å². The van der Waals surface area contributed by atoms with Crippen LogP contribution in [0.5, 0.6) is 0 Å². The summed E-state index contributed by atoms with van der Waals surface area (Å²) in [6.45, 7) is 6.46. The molecule has 12 heavy (non-hydrogen) atoms. The highest BCUT2D eigenvalue weighted by Crippen LogP contribution is 2.18. The van der Waals surface area contributed by atoms with Crippen molar-refractivity contribution in [1.82, 2.24) is 15.0 Å². The van der Waals surface area contributed by atoms with Gasteiger partial charge in [0.15, 0.2) is 0 Å². The van der Waals surface area contributed by atoms with Gasteiger partial charge in [-0.1, -0.05) is 26.0 Å². The van der Waals surface area contributed by atoms with Gasteiger partial charge in [-0.15, -0.1) is 5.10 Å². The second kappa shape index (κ2) is 2.94. The lowest BCUT2D eigenvalue weighted by Gasteiger charge is -2.12. The summed E-state index contributed by atoms with van der Waals surface area (Å²) < 4.78 is 1.54. The highest BCUT2D eigenvalue weighted by Gasteiger charge is 2.17.